The van der Waals surface area contributed by atoms with E-state index in [2.05, 4.69) is 10.6 Å². The van der Waals surface area contributed by atoms with Gasteiger partial charge < -0.3 is 10.6 Å². The lowest BCUT2D eigenvalue weighted by atomic mass is 10.1. The Bertz CT molecular complexity index is 723. The van der Waals surface area contributed by atoms with Crippen molar-refractivity contribution < 1.29 is 9.59 Å². The normalized spacial score (nSPS) is 10.2. The monoisotopic (exact) mass is 310 g/mol. The third-order valence-corrected chi connectivity index (χ3v) is 3.55. The molecule has 2 N–H and O–H groups in total. The Balaban J connectivity index is 1.84. The third kappa shape index (κ3) is 5.25. The van der Waals surface area contributed by atoms with E-state index in [4.69, 9.17) is 0 Å². The Kier molecular flexibility index (Phi) is 5.52. The summed E-state index contributed by atoms with van der Waals surface area (Å²) in [6.07, 6.45) is -0.181. The van der Waals surface area contributed by atoms with Crippen molar-refractivity contribution >= 4 is 17.5 Å². The molecular formula is C19H22N2O2. The standard InChI is InChI=1S/C19H22N2O2/c1-13-5-4-6-16(10-13)12-20-18(22)11-19(23)21-17-8-7-14(2)9-15(17)3/h4-10H,11-12H2,1-3H3,(H,20,22)(H,21,23). The minimum absolute atomic E-state index is 0.181. The van der Waals surface area contributed by atoms with E-state index < -0.39 is 0 Å². The van der Waals surface area contributed by atoms with Crippen LogP contribution in [0.4, 0.5) is 5.69 Å². The van der Waals surface area contributed by atoms with Crippen molar-refractivity contribution in [3.8, 4) is 0 Å². The van der Waals surface area contributed by atoms with Crippen LogP contribution >= 0.6 is 0 Å². The number of hydrogen-bond donors (Lipinski definition) is 2. The number of hydrogen-bond acceptors (Lipinski definition) is 2. The molecule has 4 nitrogen and oxygen atoms in total. The Morgan fingerprint density at radius 2 is 1.65 bits per heavy atom. The van der Waals surface area contributed by atoms with Gasteiger partial charge in [-0.15, -0.1) is 0 Å². The summed E-state index contributed by atoms with van der Waals surface area (Å²) in [6, 6.07) is 13.7. The summed E-state index contributed by atoms with van der Waals surface area (Å²) in [5.41, 5.74) is 5.03. The molecule has 0 atom stereocenters. The predicted molar refractivity (Wildman–Crippen MR) is 92.2 cm³/mol. The molecule has 120 valence electrons. The maximum absolute atomic E-state index is 12.0. The number of carbonyl (C=O) groups excluding carboxylic acids is 2. The van der Waals surface area contributed by atoms with Crippen molar-refractivity contribution in [1.82, 2.24) is 5.32 Å². The van der Waals surface area contributed by atoms with Gasteiger partial charge in [-0.1, -0.05) is 47.5 Å². The van der Waals surface area contributed by atoms with Gasteiger partial charge in [-0.2, -0.15) is 0 Å². The van der Waals surface area contributed by atoms with E-state index in [1.54, 1.807) is 0 Å². The fraction of sp³-hybridized carbons (Fsp3) is 0.263. The van der Waals surface area contributed by atoms with Gasteiger partial charge in [0, 0.05) is 12.2 Å². The van der Waals surface area contributed by atoms with Crippen LogP contribution in [-0.2, 0) is 16.1 Å². The number of amides is 2. The Morgan fingerprint density at radius 3 is 2.35 bits per heavy atom. The highest BCUT2D eigenvalue weighted by Gasteiger charge is 2.10. The molecule has 0 saturated carbocycles. The molecule has 0 spiro atoms. The summed E-state index contributed by atoms with van der Waals surface area (Å²) >= 11 is 0. The molecule has 2 aromatic rings. The van der Waals surface area contributed by atoms with Crippen LogP contribution < -0.4 is 10.6 Å². The molecule has 2 aromatic carbocycles. The molecule has 0 saturated heterocycles. The smallest absolute Gasteiger partial charge is 0.233 e. The number of rotatable bonds is 5. The lowest BCUT2D eigenvalue weighted by Gasteiger charge is -2.10. The first-order chi connectivity index (χ1) is 10.9. The zero-order valence-corrected chi connectivity index (χ0v) is 13.8. The summed E-state index contributed by atoms with van der Waals surface area (Å²) < 4.78 is 0. The fourth-order valence-corrected chi connectivity index (χ4v) is 2.38. The molecule has 0 heterocycles. The maximum atomic E-state index is 12.0. The lowest BCUT2D eigenvalue weighted by Crippen LogP contribution is -2.27. The molecule has 0 aliphatic heterocycles. The number of benzene rings is 2. The summed E-state index contributed by atoms with van der Waals surface area (Å²) in [5, 5.41) is 5.54. The first kappa shape index (κ1) is 16.7. The van der Waals surface area contributed by atoms with E-state index in [0.29, 0.717) is 6.54 Å². The van der Waals surface area contributed by atoms with E-state index in [1.165, 1.54) is 0 Å². The largest absolute Gasteiger partial charge is 0.352 e. The Labute approximate surface area is 136 Å². The van der Waals surface area contributed by atoms with Gasteiger partial charge in [0.15, 0.2) is 0 Å². The minimum atomic E-state index is -0.307. The van der Waals surface area contributed by atoms with Crippen LogP contribution in [0, 0.1) is 20.8 Å². The highest BCUT2D eigenvalue weighted by atomic mass is 16.2. The van der Waals surface area contributed by atoms with Gasteiger partial charge >= 0.3 is 0 Å². The summed E-state index contributed by atoms with van der Waals surface area (Å²) in [4.78, 5) is 23.8. The van der Waals surface area contributed by atoms with Gasteiger partial charge in [0.2, 0.25) is 11.8 Å². The van der Waals surface area contributed by atoms with E-state index in [0.717, 1.165) is 27.9 Å². The third-order valence-electron chi connectivity index (χ3n) is 3.55. The van der Waals surface area contributed by atoms with Crippen LogP contribution in [0.3, 0.4) is 0 Å². The molecule has 0 bridgehead atoms. The van der Waals surface area contributed by atoms with E-state index in [9.17, 15) is 9.59 Å². The molecular weight excluding hydrogens is 288 g/mol. The van der Waals surface area contributed by atoms with E-state index >= 15 is 0 Å². The van der Waals surface area contributed by atoms with Gasteiger partial charge in [-0.25, -0.2) is 0 Å². The van der Waals surface area contributed by atoms with Crippen molar-refractivity contribution in [2.24, 2.45) is 0 Å². The molecule has 2 rings (SSSR count). The first-order valence-electron chi connectivity index (χ1n) is 7.63. The van der Waals surface area contributed by atoms with E-state index in [1.807, 2.05) is 63.2 Å². The van der Waals surface area contributed by atoms with Gasteiger partial charge in [0.05, 0.1) is 0 Å². The summed E-state index contributed by atoms with van der Waals surface area (Å²) in [5.74, 6) is -0.590. The van der Waals surface area contributed by atoms with E-state index in [-0.39, 0.29) is 18.2 Å². The number of nitrogens with one attached hydrogen (secondary N) is 2. The zero-order chi connectivity index (χ0) is 16.8. The molecule has 0 unspecified atom stereocenters. The first-order valence-corrected chi connectivity index (χ1v) is 7.63. The average molecular weight is 310 g/mol. The highest BCUT2D eigenvalue weighted by molar-refractivity contribution is 6.03. The second-order valence-corrected chi connectivity index (χ2v) is 5.81. The topological polar surface area (TPSA) is 58.2 Å². The summed E-state index contributed by atoms with van der Waals surface area (Å²) in [7, 11) is 0. The molecule has 0 fully saturated rings. The zero-order valence-electron chi connectivity index (χ0n) is 13.8. The van der Waals surface area contributed by atoms with Crippen molar-refractivity contribution in [2.45, 2.75) is 33.7 Å². The van der Waals surface area contributed by atoms with Crippen molar-refractivity contribution in [1.29, 1.82) is 0 Å². The minimum Gasteiger partial charge on any atom is -0.352 e. The molecule has 0 aliphatic carbocycles. The van der Waals surface area contributed by atoms with Crippen LogP contribution in [0.1, 0.15) is 28.7 Å². The molecule has 4 heteroatoms. The molecule has 2 amide bonds. The van der Waals surface area contributed by atoms with Gasteiger partial charge in [-0.3, -0.25) is 9.59 Å². The van der Waals surface area contributed by atoms with Crippen molar-refractivity contribution in [3.05, 3.63) is 64.7 Å². The quantitative estimate of drug-likeness (QED) is 0.833. The Morgan fingerprint density at radius 1 is 0.913 bits per heavy atom. The molecule has 0 aromatic heterocycles. The second-order valence-electron chi connectivity index (χ2n) is 5.81. The highest BCUT2D eigenvalue weighted by Crippen LogP contribution is 2.16. The second kappa shape index (κ2) is 7.58. The van der Waals surface area contributed by atoms with Crippen molar-refractivity contribution in [3.63, 3.8) is 0 Å². The molecule has 23 heavy (non-hydrogen) atoms. The van der Waals surface area contributed by atoms with Crippen LogP contribution in [0.2, 0.25) is 0 Å². The molecule has 0 aliphatic rings. The fourth-order valence-electron chi connectivity index (χ4n) is 2.38. The summed E-state index contributed by atoms with van der Waals surface area (Å²) in [6.45, 7) is 6.36. The Hall–Kier alpha value is -2.62. The average Bonchev–Trinajstić information content (AvgIpc) is 2.48. The van der Waals surface area contributed by atoms with Gasteiger partial charge in [0.25, 0.3) is 0 Å². The van der Waals surface area contributed by atoms with Crippen LogP contribution in [0.15, 0.2) is 42.5 Å². The molecule has 0 radical (unpaired) electrons. The van der Waals surface area contributed by atoms with Crippen molar-refractivity contribution in [2.75, 3.05) is 5.32 Å². The maximum Gasteiger partial charge on any atom is 0.233 e. The van der Waals surface area contributed by atoms with Gasteiger partial charge in [-0.05, 0) is 38.0 Å². The van der Waals surface area contributed by atoms with Crippen LogP contribution in [0.25, 0.3) is 0 Å². The van der Waals surface area contributed by atoms with Crippen LogP contribution in [0.5, 0.6) is 0 Å². The number of carbonyl (C=O) groups is 2. The predicted octanol–water partition coefficient (Wildman–Crippen LogP) is 3.26. The lowest BCUT2D eigenvalue weighted by molar-refractivity contribution is -0.126. The number of aryl methyl sites for hydroxylation is 3. The van der Waals surface area contributed by atoms with Gasteiger partial charge in [0.1, 0.15) is 6.42 Å². The number of anilines is 1. The SMILES string of the molecule is Cc1cccc(CNC(=O)CC(=O)Nc2ccc(C)cc2C)c1. The van der Waals surface area contributed by atoms with Crippen LogP contribution in [-0.4, -0.2) is 11.8 Å².